The molecule has 152 valence electrons. The second-order valence-electron chi connectivity index (χ2n) is 8.00. The van der Waals surface area contributed by atoms with Crippen LogP contribution in [0.4, 0.5) is 0 Å². The summed E-state index contributed by atoms with van der Waals surface area (Å²) in [6.07, 6.45) is 3.57. The summed E-state index contributed by atoms with van der Waals surface area (Å²) in [4.78, 5) is 20.1. The number of fused-ring (bicyclic) bond motifs is 1. The first-order valence-electron chi connectivity index (χ1n) is 10.5. The van der Waals surface area contributed by atoms with Gasteiger partial charge in [-0.15, -0.1) is 0 Å². The van der Waals surface area contributed by atoms with Gasteiger partial charge in [-0.3, -0.25) is 4.79 Å². The number of benzene rings is 1. The minimum absolute atomic E-state index is 0.0477. The number of aromatic nitrogens is 3. The number of rotatable bonds is 6. The van der Waals surface area contributed by atoms with Gasteiger partial charge in [0.15, 0.2) is 5.65 Å². The number of amides is 1. The summed E-state index contributed by atoms with van der Waals surface area (Å²) in [6.45, 7) is 10.0. The molecule has 4 rings (SSSR count). The maximum absolute atomic E-state index is 13.0. The number of aryl methyl sites for hydroxylation is 3. The van der Waals surface area contributed by atoms with Crippen molar-refractivity contribution in [3.8, 4) is 5.69 Å². The minimum Gasteiger partial charge on any atom is -0.352 e. The molecule has 6 heteroatoms. The molecule has 0 atom stereocenters. The zero-order chi connectivity index (χ0) is 20.4. The molecule has 0 aliphatic carbocycles. The molecule has 6 nitrogen and oxygen atoms in total. The van der Waals surface area contributed by atoms with Crippen LogP contribution >= 0.6 is 0 Å². The largest absolute Gasteiger partial charge is 0.352 e. The highest BCUT2D eigenvalue weighted by Crippen LogP contribution is 2.25. The highest BCUT2D eigenvalue weighted by molar-refractivity contribution is 6.06. The van der Waals surface area contributed by atoms with E-state index in [1.54, 1.807) is 0 Å². The Morgan fingerprint density at radius 1 is 1.10 bits per heavy atom. The zero-order valence-corrected chi connectivity index (χ0v) is 17.5. The van der Waals surface area contributed by atoms with E-state index in [9.17, 15) is 4.79 Å². The van der Waals surface area contributed by atoms with E-state index in [1.165, 1.54) is 31.5 Å². The fourth-order valence-electron chi connectivity index (χ4n) is 4.07. The molecule has 1 aromatic carbocycles. The van der Waals surface area contributed by atoms with Gasteiger partial charge < -0.3 is 10.2 Å². The van der Waals surface area contributed by atoms with Crippen LogP contribution in [0.1, 0.15) is 46.6 Å². The van der Waals surface area contributed by atoms with E-state index in [0.29, 0.717) is 12.1 Å². The molecule has 1 N–H and O–H groups in total. The topological polar surface area (TPSA) is 63.1 Å². The van der Waals surface area contributed by atoms with E-state index >= 15 is 0 Å². The fraction of sp³-hybridized carbons (Fsp3) is 0.435. The predicted molar refractivity (Wildman–Crippen MR) is 116 cm³/mol. The van der Waals surface area contributed by atoms with Crippen molar-refractivity contribution in [3.63, 3.8) is 0 Å². The third-order valence-corrected chi connectivity index (χ3v) is 5.60. The van der Waals surface area contributed by atoms with Gasteiger partial charge in [-0.25, -0.2) is 9.67 Å². The van der Waals surface area contributed by atoms with Crippen molar-refractivity contribution in [2.75, 3.05) is 26.2 Å². The van der Waals surface area contributed by atoms with Crippen LogP contribution < -0.4 is 5.32 Å². The van der Waals surface area contributed by atoms with Crippen molar-refractivity contribution in [2.24, 2.45) is 0 Å². The normalized spacial score (nSPS) is 14.6. The van der Waals surface area contributed by atoms with Crippen molar-refractivity contribution in [1.82, 2.24) is 25.0 Å². The Kier molecular flexibility index (Phi) is 5.62. The van der Waals surface area contributed by atoms with Gasteiger partial charge in [0, 0.05) is 12.2 Å². The lowest BCUT2D eigenvalue weighted by Gasteiger charge is -2.14. The van der Waals surface area contributed by atoms with Crippen molar-refractivity contribution in [1.29, 1.82) is 0 Å². The number of hydrogen-bond donors (Lipinski definition) is 1. The van der Waals surface area contributed by atoms with Crippen LogP contribution in [0.5, 0.6) is 0 Å². The Hall–Kier alpha value is -2.73. The van der Waals surface area contributed by atoms with Gasteiger partial charge in [0.25, 0.3) is 5.91 Å². The summed E-state index contributed by atoms with van der Waals surface area (Å²) in [6, 6.07) is 10.0. The van der Waals surface area contributed by atoms with E-state index in [4.69, 9.17) is 10.1 Å². The highest BCUT2D eigenvalue weighted by Gasteiger charge is 2.19. The zero-order valence-electron chi connectivity index (χ0n) is 17.5. The lowest BCUT2D eigenvalue weighted by molar-refractivity contribution is 0.0953. The van der Waals surface area contributed by atoms with Gasteiger partial charge >= 0.3 is 0 Å². The molecule has 1 saturated heterocycles. The van der Waals surface area contributed by atoms with Crippen LogP contribution in [0.3, 0.4) is 0 Å². The van der Waals surface area contributed by atoms with Gasteiger partial charge in [-0.05, 0) is 77.9 Å². The number of nitrogens with one attached hydrogen (secondary N) is 1. The summed E-state index contributed by atoms with van der Waals surface area (Å²) in [5, 5.41) is 8.61. The van der Waals surface area contributed by atoms with E-state index in [0.717, 1.165) is 41.1 Å². The number of carbonyl (C=O) groups is 1. The van der Waals surface area contributed by atoms with Gasteiger partial charge in [0.1, 0.15) is 0 Å². The van der Waals surface area contributed by atoms with Crippen molar-refractivity contribution < 1.29 is 4.79 Å². The van der Waals surface area contributed by atoms with Gasteiger partial charge in [0.05, 0.1) is 22.3 Å². The van der Waals surface area contributed by atoms with Crippen LogP contribution in [-0.4, -0.2) is 51.8 Å². The van der Waals surface area contributed by atoms with Gasteiger partial charge in [-0.2, -0.15) is 5.10 Å². The molecular formula is C23H29N5O. The second-order valence-corrected chi connectivity index (χ2v) is 8.00. The summed E-state index contributed by atoms with van der Waals surface area (Å²) in [7, 11) is 0. The average molecular weight is 392 g/mol. The van der Waals surface area contributed by atoms with Crippen LogP contribution in [-0.2, 0) is 0 Å². The van der Waals surface area contributed by atoms with Gasteiger partial charge in [0.2, 0.25) is 0 Å². The number of hydrogen-bond acceptors (Lipinski definition) is 4. The highest BCUT2D eigenvalue weighted by atomic mass is 16.1. The quantitative estimate of drug-likeness (QED) is 0.653. The Morgan fingerprint density at radius 2 is 1.83 bits per heavy atom. The summed E-state index contributed by atoms with van der Waals surface area (Å²) < 4.78 is 1.83. The summed E-state index contributed by atoms with van der Waals surface area (Å²) in [5.74, 6) is -0.0477. The van der Waals surface area contributed by atoms with Gasteiger partial charge in [-0.1, -0.05) is 17.7 Å². The predicted octanol–water partition coefficient (Wildman–Crippen LogP) is 3.56. The minimum atomic E-state index is -0.0477. The Labute approximate surface area is 171 Å². The van der Waals surface area contributed by atoms with E-state index in [1.807, 2.05) is 36.7 Å². The Bertz CT molecular complexity index is 1020. The number of likely N-dealkylation sites (tertiary alicyclic amines) is 1. The lowest BCUT2D eigenvalue weighted by Crippen LogP contribution is -2.29. The molecular weight excluding hydrogens is 362 g/mol. The monoisotopic (exact) mass is 391 g/mol. The molecule has 0 saturated carbocycles. The molecule has 3 aromatic rings. The fourth-order valence-corrected chi connectivity index (χ4v) is 4.07. The van der Waals surface area contributed by atoms with E-state index < -0.39 is 0 Å². The molecule has 0 radical (unpaired) electrons. The molecule has 1 aliphatic rings. The SMILES string of the molecule is Cc1ccc(-n2nc(C)c3c(C(=O)NCCCN4CCCC4)cc(C)nc32)cc1. The standard InChI is InChI=1S/C23H29N5O/c1-16-7-9-19(10-8-16)28-22-21(18(3)26-28)20(15-17(2)25-22)23(29)24-11-6-14-27-12-4-5-13-27/h7-10,15H,4-6,11-14H2,1-3H3,(H,24,29). The Morgan fingerprint density at radius 3 is 2.55 bits per heavy atom. The van der Waals surface area contributed by atoms with Crippen molar-refractivity contribution >= 4 is 16.9 Å². The van der Waals surface area contributed by atoms with Crippen LogP contribution in [0, 0.1) is 20.8 Å². The van der Waals surface area contributed by atoms with E-state index in [2.05, 4.69) is 29.3 Å². The first-order chi connectivity index (χ1) is 14.0. The van der Waals surface area contributed by atoms with Crippen LogP contribution in [0.25, 0.3) is 16.7 Å². The maximum Gasteiger partial charge on any atom is 0.252 e. The van der Waals surface area contributed by atoms with E-state index in [-0.39, 0.29) is 5.91 Å². The molecule has 1 fully saturated rings. The molecule has 29 heavy (non-hydrogen) atoms. The Balaban J connectivity index is 1.57. The third kappa shape index (κ3) is 4.17. The first-order valence-corrected chi connectivity index (χ1v) is 10.5. The lowest BCUT2D eigenvalue weighted by atomic mass is 10.1. The van der Waals surface area contributed by atoms with Crippen LogP contribution in [0.2, 0.25) is 0 Å². The smallest absolute Gasteiger partial charge is 0.252 e. The summed E-state index contributed by atoms with van der Waals surface area (Å²) >= 11 is 0. The summed E-state index contributed by atoms with van der Waals surface area (Å²) in [5.41, 5.74) is 5.16. The molecule has 1 amide bonds. The number of carbonyl (C=O) groups excluding carboxylic acids is 1. The second kappa shape index (κ2) is 8.33. The molecule has 3 heterocycles. The molecule has 0 bridgehead atoms. The maximum atomic E-state index is 13.0. The first kappa shape index (κ1) is 19.6. The number of pyridine rings is 1. The van der Waals surface area contributed by atoms with Crippen molar-refractivity contribution in [2.45, 2.75) is 40.0 Å². The number of nitrogens with zero attached hydrogens (tertiary/aromatic N) is 4. The van der Waals surface area contributed by atoms with Crippen LogP contribution in [0.15, 0.2) is 30.3 Å². The molecule has 0 spiro atoms. The van der Waals surface area contributed by atoms with Crippen molar-refractivity contribution in [3.05, 3.63) is 52.8 Å². The molecule has 2 aromatic heterocycles. The average Bonchev–Trinajstić information content (AvgIpc) is 3.33. The molecule has 0 unspecified atom stereocenters. The molecule has 1 aliphatic heterocycles. The third-order valence-electron chi connectivity index (χ3n) is 5.60.